The Kier molecular flexibility index (Phi) is 17.5. The van der Waals surface area contributed by atoms with Gasteiger partial charge in [0, 0.05) is 0 Å². The standard InChI is InChI=1S/C10H24N2.2C8H6O4/c11-9-7-5-3-1-2-4-6-8-10-12;2*9-7(10)5-2-1-3-6(4-5)8(11)12/h1-12H2;2*1-4H,(H,9,10)(H,11,12). The SMILES string of the molecule is NCCCCCCCCCCN.O=C(O)c1cccc(C(=O)O)c1.O=C(O)c1cccc(C(=O)O)c1. The minimum Gasteiger partial charge on any atom is -0.478 e. The van der Waals surface area contributed by atoms with E-state index in [0.29, 0.717) is 0 Å². The number of carbonyl (C=O) groups is 4. The smallest absolute Gasteiger partial charge is 0.335 e. The number of aromatic carboxylic acids is 4. The maximum atomic E-state index is 10.4. The molecule has 8 N–H and O–H groups in total. The van der Waals surface area contributed by atoms with Crippen molar-refractivity contribution in [2.24, 2.45) is 11.5 Å². The molecule has 0 aliphatic carbocycles. The van der Waals surface area contributed by atoms with E-state index in [0.717, 1.165) is 25.2 Å². The van der Waals surface area contributed by atoms with Gasteiger partial charge in [-0.15, -0.1) is 0 Å². The van der Waals surface area contributed by atoms with Crippen LogP contribution in [0.5, 0.6) is 0 Å². The van der Waals surface area contributed by atoms with E-state index in [1.54, 1.807) is 0 Å². The first-order valence-corrected chi connectivity index (χ1v) is 11.7. The summed E-state index contributed by atoms with van der Waals surface area (Å²) in [6.07, 6.45) is 10.5. The lowest BCUT2D eigenvalue weighted by atomic mass is 10.1. The van der Waals surface area contributed by atoms with Crippen molar-refractivity contribution in [3.8, 4) is 0 Å². The third-order valence-corrected chi connectivity index (χ3v) is 4.87. The summed E-state index contributed by atoms with van der Waals surface area (Å²) in [7, 11) is 0. The molecule has 2 rings (SSSR count). The number of carboxylic acids is 4. The minimum atomic E-state index is -1.13. The molecule has 0 amide bonds. The molecule has 0 saturated heterocycles. The highest BCUT2D eigenvalue weighted by Gasteiger charge is 2.07. The monoisotopic (exact) mass is 504 g/mol. The molecule has 0 aliphatic rings. The van der Waals surface area contributed by atoms with E-state index in [1.165, 1.54) is 87.8 Å². The third kappa shape index (κ3) is 15.2. The van der Waals surface area contributed by atoms with Crippen molar-refractivity contribution in [2.75, 3.05) is 13.1 Å². The molecule has 198 valence electrons. The van der Waals surface area contributed by atoms with Gasteiger partial charge in [0.25, 0.3) is 0 Å². The van der Waals surface area contributed by atoms with Gasteiger partial charge < -0.3 is 31.9 Å². The molecule has 0 bridgehead atoms. The number of hydrogen-bond donors (Lipinski definition) is 6. The summed E-state index contributed by atoms with van der Waals surface area (Å²) in [5.74, 6) is -4.51. The quantitative estimate of drug-likeness (QED) is 0.215. The predicted octanol–water partition coefficient (Wildman–Crippen LogP) is 4.19. The maximum Gasteiger partial charge on any atom is 0.335 e. The van der Waals surface area contributed by atoms with Crippen molar-refractivity contribution in [3.05, 3.63) is 70.8 Å². The highest BCUT2D eigenvalue weighted by Crippen LogP contribution is 2.08. The Morgan fingerprint density at radius 2 is 0.694 bits per heavy atom. The zero-order valence-corrected chi connectivity index (χ0v) is 20.3. The molecule has 0 aliphatic heterocycles. The van der Waals surface area contributed by atoms with E-state index in [2.05, 4.69) is 0 Å². The Morgan fingerprint density at radius 3 is 0.889 bits per heavy atom. The van der Waals surface area contributed by atoms with Gasteiger partial charge in [-0.2, -0.15) is 0 Å². The Labute approximate surface area is 210 Å². The molecule has 0 fully saturated rings. The summed E-state index contributed by atoms with van der Waals surface area (Å²) in [4.78, 5) is 41.5. The van der Waals surface area contributed by atoms with Crippen LogP contribution in [0.15, 0.2) is 48.5 Å². The molecule has 10 heteroatoms. The Balaban J connectivity index is 0.000000510. The Hall–Kier alpha value is -3.76. The molecule has 0 heterocycles. The minimum absolute atomic E-state index is 0.0186. The molecule has 0 radical (unpaired) electrons. The number of benzene rings is 2. The van der Waals surface area contributed by atoms with E-state index in [9.17, 15) is 19.2 Å². The summed E-state index contributed by atoms with van der Waals surface area (Å²) in [6, 6.07) is 10.4. The molecular weight excluding hydrogens is 468 g/mol. The molecule has 36 heavy (non-hydrogen) atoms. The molecule has 0 aromatic heterocycles. The van der Waals surface area contributed by atoms with Crippen LogP contribution in [0.3, 0.4) is 0 Å². The van der Waals surface area contributed by atoms with Crippen molar-refractivity contribution < 1.29 is 39.6 Å². The van der Waals surface area contributed by atoms with Crippen LogP contribution in [0.25, 0.3) is 0 Å². The topological polar surface area (TPSA) is 201 Å². The lowest BCUT2D eigenvalue weighted by molar-refractivity contribution is 0.0676. The van der Waals surface area contributed by atoms with Gasteiger partial charge in [0.2, 0.25) is 0 Å². The number of nitrogens with two attached hydrogens (primary N) is 2. The van der Waals surface area contributed by atoms with Crippen molar-refractivity contribution in [1.82, 2.24) is 0 Å². The fraction of sp³-hybridized carbons (Fsp3) is 0.385. The molecule has 0 spiro atoms. The number of rotatable bonds is 13. The van der Waals surface area contributed by atoms with Crippen LogP contribution in [0.2, 0.25) is 0 Å². The molecular formula is C26H36N2O8. The first-order valence-electron chi connectivity index (χ1n) is 11.7. The van der Waals surface area contributed by atoms with Crippen molar-refractivity contribution in [2.45, 2.75) is 51.4 Å². The van der Waals surface area contributed by atoms with Crippen LogP contribution in [-0.4, -0.2) is 57.4 Å². The molecule has 10 nitrogen and oxygen atoms in total. The summed E-state index contributed by atoms with van der Waals surface area (Å²) in [5.41, 5.74) is 10.7. The van der Waals surface area contributed by atoms with Crippen molar-refractivity contribution in [1.29, 1.82) is 0 Å². The lowest BCUT2D eigenvalue weighted by Crippen LogP contribution is -2.01. The largest absolute Gasteiger partial charge is 0.478 e. The average Bonchev–Trinajstić information content (AvgIpc) is 2.86. The van der Waals surface area contributed by atoms with Crippen LogP contribution in [0.1, 0.15) is 92.8 Å². The van der Waals surface area contributed by atoms with Gasteiger partial charge in [-0.1, -0.05) is 50.7 Å². The molecule has 0 atom stereocenters. The molecule has 2 aromatic rings. The van der Waals surface area contributed by atoms with Gasteiger partial charge in [-0.05, 0) is 62.3 Å². The molecule has 0 saturated carbocycles. The van der Waals surface area contributed by atoms with Gasteiger partial charge in [0.15, 0.2) is 0 Å². The normalized spacial score (nSPS) is 9.72. The first kappa shape index (κ1) is 32.2. The van der Waals surface area contributed by atoms with Gasteiger partial charge in [0.05, 0.1) is 22.3 Å². The van der Waals surface area contributed by atoms with Crippen LogP contribution in [0.4, 0.5) is 0 Å². The van der Waals surface area contributed by atoms with E-state index in [1.807, 2.05) is 0 Å². The van der Waals surface area contributed by atoms with E-state index in [4.69, 9.17) is 31.9 Å². The fourth-order valence-electron chi connectivity index (χ4n) is 2.92. The van der Waals surface area contributed by atoms with Crippen molar-refractivity contribution >= 4 is 23.9 Å². The van der Waals surface area contributed by atoms with E-state index >= 15 is 0 Å². The Morgan fingerprint density at radius 1 is 0.472 bits per heavy atom. The van der Waals surface area contributed by atoms with Crippen LogP contribution >= 0.6 is 0 Å². The maximum absolute atomic E-state index is 10.4. The first-order chi connectivity index (χ1) is 17.1. The zero-order chi connectivity index (χ0) is 27.3. The summed E-state index contributed by atoms with van der Waals surface area (Å²) >= 11 is 0. The fourth-order valence-corrected chi connectivity index (χ4v) is 2.92. The van der Waals surface area contributed by atoms with Gasteiger partial charge in [-0.3, -0.25) is 0 Å². The summed E-state index contributed by atoms with van der Waals surface area (Å²) in [5, 5.41) is 34.0. The van der Waals surface area contributed by atoms with Crippen LogP contribution in [0, 0.1) is 0 Å². The number of carboxylic acid groups (broad SMARTS) is 4. The van der Waals surface area contributed by atoms with Gasteiger partial charge in [0.1, 0.15) is 0 Å². The Bertz CT molecular complexity index is 826. The van der Waals surface area contributed by atoms with Crippen LogP contribution in [-0.2, 0) is 0 Å². The highest BCUT2D eigenvalue weighted by molar-refractivity contribution is 5.94. The molecule has 2 aromatic carbocycles. The third-order valence-electron chi connectivity index (χ3n) is 4.87. The zero-order valence-electron chi connectivity index (χ0n) is 20.3. The lowest BCUT2D eigenvalue weighted by Gasteiger charge is -2.00. The van der Waals surface area contributed by atoms with E-state index < -0.39 is 23.9 Å². The summed E-state index contributed by atoms with van der Waals surface area (Å²) < 4.78 is 0. The van der Waals surface area contributed by atoms with Crippen LogP contribution < -0.4 is 11.5 Å². The average molecular weight is 505 g/mol. The second-order valence-corrected chi connectivity index (χ2v) is 7.79. The number of hydrogen-bond acceptors (Lipinski definition) is 6. The van der Waals surface area contributed by atoms with Crippen molar-refractivity contribution in [3.63, 3.8) is 0 Å². The second kappa shape index (κ2) is 19.5. The predicted molar refractivity (Wildman–Crippen MR) is 136 cm³/mol. The highest BCUT2D eigenvalue weighted by atomic mass is 16.4. The molecule has 0 unspecified atom stereocenters. The summed E-state index contributed by atoms with van der Waals surface area (Å²) in [6.45, 7) is 1.71. The number of unbranched alkanes of at least 4 members (excludes halogenated alkanes) is 7. The second-order valence-electron chi connectivity index (χ2n) is 7.79. The van der Waals surface area contributed by atoms with E-state index in [-0.39, 0.29) is 22.3 Å². The van der Waals surface area contributed by atoms with Gasteiger partial charge in [-0.25, -0.2) is 19.2 Å². The van der Waals surface area contributed by atoms with Gasteiger partial charge >= 0.3 is 23.9 Å².